The van der Waals surface area contributed by atoms with Gasteiger partial charge >= 0.3 is 12.1 Å². The van der Waals surface area contributed by atoms with E-state index < -0.39 is 28.8 Å². The Labute approximate surface area is 235 Å². The molecule has 4 atom stereocenters. The van der Waals surface area contributed by atoms with E-state index in [4.69, 9.17) is 4.74 Å². The molecule has 2 heterocycles. The molecule has 0 radical (unpaired) electrons. The van der Waals surface area contributed by atoms with Crippen LogP contribution in [-0.2, 0) is 17.8 Å². The van der Waals surface area contributed by atoms with Gasteiger partial charge in [-0.15, -0.1) is 4.48 Å². The number of likely N-dealkylation sites (tertiary alicyclic amines) is 1. The van der Waals surface area contributed by atoms with Crippen molar-refractivity contribution in [3.8, 4) is 0 Å². The normalized spacial score (nSPS) is 19.8. The van der Waals surface area contributed by atoms with E-state index in [9.17, 15) is 19.5 Å². The van der Waals surface area contributed by atoms with Crippen LogP contribution in [0.1, 0.15) is 41.3 Å². The predicted octanol–water partition coefficient (Wildman–Crippen LogP) is 4.17. The summed E-state index contributed by atoms with van der Waals surface area (Å²) in [6.07, 6.45) is 3.32. The molecule has 0 spiro atoms. The maximum Gasteiger partial charge on any atom is 0.525 e. The SMILES string of the molecule is C[C@@H]1CCC[N+]1(C(=O)OCc1cccnc1)C(=O)N(C)CC(O)[C@H](Cc1ccccc1)NC(=O)c1ccccc1. The van der Waals surface area contributed by atoms with Crippen LogP contribution in [0.2, 0.25) is 0 Å². The van der Waals surface area contributed by atoms with Crippen LogP contribution in [0.4, 0.5) is 9.59 Å². The number of carbonyl (C=O) groups excluding carboxylic acids is 3. The minimum absolute atomic E-state index is 0.0175. The Hall–Kier alpha value is -4.08. The van der Waals surface area contributed by atoms with Crippen molar-refractivity contribution < 1.29 is 28.7 Å². The summed E-state index contributed by atoms with van der Waals surface area (Å²) in [4.78, 5) is 45.7. The van der Waals surface area contributed by atoms with E-state index in [1.54, 1.807) is 55.8 Å². The Kier molecular flexibility index (Phi) is 9.63. The van der Waals surface area contributed by atoms with Crippen LogP contribution in [0, 0.1) is 0 Å². The number of hydrogen-bond acceptors (Lipinski definition) is 6. The topological polar surface area (TPSA) is 109 Å². The summed E-state index contributed by atoms with van der Waals surface area (Å²) in [6.45, 7) is 2.14. The lowest BCUT2D eigenvalue weighted by atomic mass is 10.00. The number of quaternary nitrogens is 1. The number of ether oxygens (including phenoxy) is 1. The van der Waals surface area contributed by atoms with E-state index in [0.29, 0.717) is 31.4 Å². The Morgan fingerprint density at radius 1 is 1.05 bits per heavy atom. The first kappa shape index (κ1) is 28.9. The summed E-state index contributed by atoms with van der Waals surface area (Å²) in [6, 6.07) is 20.5. The molecule has 1 aromatic heterocycles. The molecule has 2 aromatic carbocycles. The number of urea groups is 1. The molecular formula is C31H37N4O5+. The molecule has 1 fully saturated rings. The van der Waals surface area contributed by atoms with Gasteiger partial charge < -0.3 is 15.2 Å². The number of aliphatic hydroxyl groups excluding tert-OH is 1. The number of imide groups is 1. The summed E-state index contributed by atoms with van der Waals surface area (Å²) >= 11 is 0. The Morgan fingerprint density at radius 2 is 1.73 bits per heavy atom. The second-order valence-electron chi connectivity index (χ2n) is 10.4. The highest BCUT2D eigenvalue weighted by molar-refractivity contribution is 5.94. The number of nitrogens with zero attached hydrogens (tertiary/aromatic N) is 3. The van der Waals surface area contributed by atoms with Crippen molar-refractivity contribution in [2.24, 2.45) is 0 Å². The number of rotatable bonds is 9. The third-order valence-corrected chi connectivity index (χ3v) is 7.54. The molecule has 1 saturated heterocycles. The van der Waals surface area contributed by atoms with Gasteiger partial charge in [-0.1, -0.05) is 54.6 Å². The van der Waals surface area contributed by atoms with E-state index in [-0.39, 0.29) is 25.1 Å². The smallest absolute Gasteiger partial charge is 0.415 e. The van der Waals surface area contributed by atoms with E-state index in [1.165, 1.54) is 4.90 Å². The highest BCUT2D eigenvalue weighted by Crippen LogP contribution is 2.31. The van der Waals surface area contributed by atoms with Gasteiger partial charge in [0.25, 0.3) is 5.91 Å². The lowest BCUT2D eigenvalue weighted by Crippen LogP contribution is -2.64. The minimum Gasteiger partial charge on any atom is -0.415 e. The molecule has 0 saturated carbocycles. The molecule has 4 rings (SSSR count). The minimum atomic E-state index is -1.09. The van der Waals surface area contributed by atoms with Crippen molar-refractivity contribution in [3.05, 3.63) is 102 Å². The zero-order valence-corrected chi connectivity index (χ0v) is 23.0. The van der Waals surface area contributed by atoms with E-state index in [1.807, 2.05) is 43.3 Å². The Bertz CT molecular complexity index is 1270. The van der Waals surface area contributed by atoms with Crippen molar-refractivity contribution in [1.29, 1.82) is 0 Å². The summed E-state index contributed by atoms with van der Waals surface area (Å²) in [5.74, 6) is -0.315. The van der Waals surface area contributed by atoms with Crippen molar-refractivity contribution >= 4 is 18.0 Å². The second kappa shape index (κ2) is 13.3. The van der Waals surface area contributed by atoms with E-state index in [0.717, 1.165) is 11.1 Å². The molecule has 9 nitrogen and oxygen atoms in total. The zero-order valence-electron chi connectivity index (χ0n) is 23.0. The molecule has 40 heavy (non-hydrogen) atoms. The number of pyridine rings is 1. The average Bonchev–Trinajstić information content (AvgIpc) is 3.38. The fourth-order valence-electron chi connectivity index (χ4n) is 5.24. The fraction of sp³-hybridized carbons (Fsp3) is 0.355. The lowest BCUT2D eigenvalue weighted by Gasteiger charge is -2.35. The van der Waals surface area contributed by atoms with Crippen molar-refractivity contribution in [1.82, 2.24) is 15.2 Å². The molecule has 2 N–H and O–H groups in total. The Morgan fingerprint density at radius 3 is 2.35 bits per heavy atom. The Balaban J connectivity index is 1.49. The number of carbonyl (C=O) groups is 3. The molecule has 2 unspecified atom stereocenters. The first-order valence-electron chi connectivity index (χ1n) is 13.6. The van der Waals surface area contributed by atoms with Gasteiger partial charge in [0.05, 0.1) is 25.2 Å². The van der Waals surface area contributed by atoms with Crippen LogP contribution < -0.4 is 5.32 Å². The number of aromatic nitrogens is 1. The number of likely N-dealkylation sites (N-methyl/N-ethyl adjacent to an activating group) is 1. The molecular weight excluding hydrogens is 508 g/mol. The summed E-state index contributed by atoms with van der Waals surface area (Å²) in [5, 5.41) is 14.3. The van der Waals surface area contributed by atoms with E-state index in [2.05, 4.69) is 10.3 Å². The second-order valence-corrected chi connectivity index (χ2v) is 10.4. The molecule has 4 amide bonds. The van der Waals surface area contributed by atoms with Crippen LogP contribution in [0.15, 0.2) is 85.2 Å². The maximum absolute atomic E-state index is 13.9. The highest BCUT2D eigenvalue weighted by Gasteiger charge is 2.55. The third-order valence-electron chi connectivity index (χ3n) is 7.54. The van der Waals surface area contributed by atoms with Gasteiger partial charge in [0.2, 0.25) is 0 Å². The lowest BCUT2D eigenvalue weighted by molar-refractivity contribution is -0.791. The summed E-state index contributed by atoms with van der Waals surface area (Å²) in [5.41, 5.74) is 2.14. The first-order chi connectivity index (χ1) is 19.3. The van der Waals surface area contributed by atoms with Crippen LogP contribution in [0.5, 0.6) is 0 Å². The predicted molar refractivity (Wildman–Crippen MR) is 150 cm³/mol. The standard InChI is InChI=1S/C31H36N4O5/c1-23-11-10-18-35(23,31(39)40-22-25-14-9-17-32-20-25)30(38)34(2)21-28(36)27(19-24-12-5-3-6-13-24)33-29(37)26-15-7-4-8-16-26/h3-9,12-17,20,23,27-28,36H,10-11,18-19,21-22H2,1-2H3/p+1/t23-,27+,28?,35?/m1/s1. The molecule has 3 aromatic rings. The molecule has 0 bridgehead atoms. The third kappa shape index (κ3) is 6.73. The largest absolute Gasteiger partial charge is 0.525 e. The number of aliphatic hydroxyl groups is 1. The fourth-order valence-corrected chi connectivity index (χ4v) is 5.24. The number of amides is 4. The molecule has 9 heteroatoms. The first-order valence-corrected chi connectivity index (χ1v) is 13.6. The van der Waals surface area contributed by atoms with Gasteiger partial charge in [0.15, 0.2) is 0 Å². The number of benzene rings is 2. The molecule has 1 aliphatic rings. The van der Waals surface area contributed by atoms with Gasteiger partial charge in [0, 0.05) is 43.4 Å². The maximum atomic E-state index is 13.9. The van der Waals surface area contributed by atoms with Gasteiger partial charge in [-0.2, -0.15) is 4.79 Å². The van der Waals surface area contributed by atoms with E-state index >= 15 is 0 Å². The van der Waals surface area contributed by atoms with Crippen molar-refractivity contribution in [3.63, 3.8) is 0 Å². The van der Waals surface area contributed by atoms with Gasteiger partial charge in [-0.25, -0.2) is 4.79 Å². The van der Waals surface area contributed by atoms with Gasteiger partial charge in [-0.05, 0) is 37.1 Å². The van der Waals surface area contributed by atoms with Crippen molar-refractivity contribution in [2.75, 3.05) is 20.1 Å². The van der Waals surface area contributed by atoms with Crippen LogP contribution in [0.3, 0.4) is 0 Å². The highest BCUT2D eigenvalue weighted by atomic mass is 16.6. The number of nitrogens with one attached hydrogen (secondary N) is 1. The number of hydrogen-bond donors (Lipinski definition) is 2. The van der Waals surface area contributed by atoms with Crippen molar-refractivity contribution in [2.45, 2.75) is 51.0 Å². The molecule has 0 aliphatic carbocycles. The summed E-state index contributed by atoms with van der Waals surface area (Å²) < 4.78 is 5.15. The van der Waals surface area contributed by atoms with Crippen LogP contribution in [0.25, 0.3) is 0 Å². The van der Waals surface area contributed by atoms with Crippen LogP contribution >= 0.6 is 0 Å². The molecule has 210 valence electrons. The zero-order chi connectivity index (χ0) is 28.5. The quantitative estimate of drug-likeness (QED) is 0.391. The average molecular weight is 546 g/mol. The van der Waals surface area contributed by atoms with Crippen LogP contribution in [-0.4, -0.2) is 75.8 Å². The van der Waals surface area contributed by atoms with Gasteiger partial charge in [0.1, 0.15) is 12.6 Å². The van der Waals surface area contributed by atoms with Gasteiger partial charge in [-0.3, -0.25) is 14.7 Å². The monoisotopic (exact) mass is 545 g/mol. The summed E-state index contributed by atoms with van der Waals surface area (Å²) in [7, 11) is 1.57. The molecule has 1 aliphatic heterocycles.